The normalized spacial score (nSPS) is 10.2. The Balaban J connectivity index is 2.81. The third-order valence-electron chi connectivity index (χ3n) is 2.72. The van der Waals surface area contributed by atoms with E-state index in [4.69, 9.17) is 11.0 Å². The van der Waals surface area contributed by atoms with Crippen LogP contribution in [0.1, 0.15) is 16.8 Å². The zero-order chi connectivity index (χ0) is 13.9. The molecule has 6 heteroatoms. The number of aromatic nitrogens is 1. The number of hydrogen-bond donors (Lipinski definition) is 1. The van der Waals surface area contributed by atoms with Crippen molar-refractivity contribution in [3.63, 3.8) is 0 Å². The lowest BCUT2D eigenvalue weighted by atomic mass is 9.79. The summed E-state index contributed by atoms with van der Waals surface area (Å²) in [5, 5.41) is 30.1. The summed E-state index contributed by atoms with van der Waals surface area (Å²) < 4.78 is 0. The van der Waals surface area contributed by atoms with Gasteiger partial charge >= 0.3 is 0 Å². The smallest absolute Gasteiger partial charge is 0.214 e. The van der Waals surface area contributed by atoms with E-state index >= 15 is 0 Å². The summed E-state index contributed by atoms with van der Waals surface area (Å²) in [6.45, 7) is 0. The number of thiophene rings is 1. The quantitative estimate of drug-likeness (QED) is 0.891. The Morgan fingerprint density at radius 3 is 2.47 bits per heavy atom. The van der Waals surface area contributed by atoms with Crippen LogP contribution in [-0.2, 0) is 5.41 Å². The van der Waals surface area contributed by atoms with Gasteiger partial charge in [0.2, 0.25) is 5.41 Å². The average molecular weight is 265 g/mol. The molecule has 0 atom stereocenters. The molecule has 2 aromatic rings. The van der Waals surface area contributed by atoms with Gasteiger partial charge < -0.3 is 5.73 Å². The first-order valence-corrected chi connectivity index (χ1v) is 6.09. The first kappa shape index (κ1) is 12.6. The Hall–Kier alpha value is -2.88. The van der Waals surface area contributed by atoms with Crippen molar-refractivity contribution in [1.29, 1.82) is 15.8 Å². The molecule has 5 nitrogen and oxygen atoms in total. The summed E-state index contributed by atoms with van der Waals surface area (Å²) in [5.41, 5.74) is 4.84. The van der Waals surface area contributed by atoms with E-state index in [1.807, 2.05) is 18.2 Å². The topological polar surface area (TPSA) is 110 Å². The number of nitriles is 3. The van der Waals surface area contributed by atoms with E-state index in [0.29, 0.717) is 10.6 Å². The van der Waals surface area contributed by atoms with Crippen molar-refractivity contribution < 1.29 is 0 Å². The predicted octanol–water partition coefficient (Wildman–Crippen LogP) is 1.93. The monoisotopic (exact) mass is 265 g/mol. The van der Waals surface area contributed by atoms with E-state index in [9.17, 15) is 10.5 Å². The number of pyridine rings is 1. The minimum Gasteiger partial charge on any atom is -0.390 e. The molecule has 0 aromatic carbocycles. The SMILES string of the molecule is N#Cc1cccnc1C(C#N)(C#N)c1ccsc1N. The van der Waals surface area contributed by atoms with Crippen LogP contribution in [0.4, 0.5) is 5.00 Å². The summed E-state index contributed by atoms with van der Waals surface area (Å²) in [4.78, 5) is 4.04. The third-order valence-corrected chi connectivity index (χ3v) is 3.46. The molecule has 2 N–H and O–H groups in total. The Kier molecular flexibility index (Phi) is 3.16. The van der Waals surface area contributed by atoms with E-state index in [1.54, 1.807) is 17.5 Å². The lowest BCUT2D eigenvalue weighted by Gasteiger charge is -2.18. The fourth-order valence-electron chi connectivity index (χ4n) is 1.80. The number of nitrogens with two attached hydrogens (primary N) is 1. The van der Waals surface area contributed by atoms with Gasteiger partial charge in [0.1, 0.15) is 6.07 Å². The second-order valence-corrected chi connectivity index (χ2v) is 4.63. The second kappa shape index (κ2) is 4.78. The van der Waals surface area contributed by atoms with Crippen LogP contribution in [0.15, 0.2) is 29.8 Å². The van der Waals surface area contributed by atoms with E-state index < -0.39 is 5.41 Å². The zero-order valence-electron chi connectivity index (χ0n) is 9.66. The minimum atomic E-state index is -1.66. The van der Waals surface area contributed by atoms with Crippen LogP contribution < -0.4 is 5.73 Å². The predicted molar refractivity (Wildman–Crippen MR) is 69.7 cm³/mol. The molecule has 0 fully saturated rings. The largest absolute Gasteiger partial charge is 0.390 e. The van der Waals surface area contributed by atoms with Crippen LogP contribution in [-0.4, -0.2) is 4.98 Å². The highest BCUT2D eigenvalue weighted by molar-refractivity contribution is 7.14. The van der Waals surface area contributed by atoms with Crippen LogP contribution in [0.3, 0.4) is 0 Å². The van der Waals surface area contributed by atoms with Gasteiger partial charge in [-0.15, -0.1) is 11.3 Å². The van der Waals surface area contributed by atoms with Crippen molar-refractivity contribution in [2.75, 3.05) is 5.73 Å². The van der Waals surface area contributed by atoms with Crippen LogP contribution in [0.5, 0.6) is 0 Å². The van der Waals surface area contributed by atoms with Crippen LogP contribution in [0, 0.1) is 34.0 Å². The molecule has 0 amide bonds. The highest BCUT2D eigenvalue weighted by Crippen LogP contribution is 2.37. The van der Waals surface area contributed by atoms with E-state index in [0.717, 1.165) is 0 Å². The highest BCUT2D eigenvalue weighted by Gasteiger charge is 2.40. The van der Waals surface area contributed by atoms with Crippen LogP contribution >= 0.6 is 11.3 Å². The number of nitrogen functional groups attached to an aromatic ring is 1. The Morgan fingerprint density at radius 2 is 1.95 bits per heavy atom. The molecular formula is C13H7N5S. The molecule has 0 aliphatic heterocycles. The molecule has 2 rings (SSSR count). The van der Waals surface area contributed by atoms with Gasteiger partial charge in [0.25, 0.3) is 0 Å². The summed E-state index contributed by atoms with van der Waals surface area (Å²) in [5.74, 6) is 0. The van der Waals surface area contributed by atoms with Gasteiger partial charge in [-0.1, -0.05) is 0 Å². The van der Waals surface area contributed by atoms with Gasteiger partial charge in [-0.25, -0.2) is 0 Å². The molecule has 0 radical (unpaired) electrons. The lowest BCUT2D eigenvalue weighted by Crippen LogP contribution is -2.26. The van der Waals surface area contributed by atoms with Crippen molar-refractivity contribution in [3.05, 3.63) is 46.6 Å². The molecule has 2 aromatic heterocycles. The second-order valence-electron chi connectivity index (χ2n) is 3.68. The van der Waals surface area contributed by atoms with Gasteiger partial charge in [0.05, 0.1) is 28.4 Å². The van der Waals surface area contributed by atoms with E-state index in [1.165, 1.54) is 23.6 Å². The molecule has 90 valence electrons. The van der Waals surface area contributed by atoms with Gasteiger partial charge in [0.15, 0.2) is 0 Å². The number of anilines is 1. The fourth-order valence-corrected chi connectivity index (χ4v) is 2.50. The Labute approximate surface area is 113 Å². The molecule has 0 aliphatic carbocycles. The molecule has 0 spiro atoms. The molecular weight excluding hydrogens is 258 g/mol. The number of nitrogens with zero attached hydrogens (tertiary/aromatic N) is 4. The van der Waals surface area contributed by atoms with Crippen molar-refractivity contribution >= 4 is 16.3 Å². The Morgan fingerprint density at radius 1 is 1.21 bits per heavy atom. The van der Waals surface area contributed by atoms with E-state index in [-0.39, 0.29) is 11.3 Å². The summed E-state index contributed by atoms with van der Waals surface area (Å²) >= 11 is 1.24. The molecule has 0 bridgehead atoms. The van der Waals surface area contributed by atoms with Crippen LogP contribution in [0.2, 0.25) is 0 Å². The summed E-state index contributed by atoms with van der Waals surface area (Å²) in [6.07, 6.45) is 1.45. The maximum Gasteiger partial charge on any atom is 0.214 e. The molecule has 19 heavy (non-hydrogen) atoms. The van der Waals surface area contributed by atoms with Gasteiger partial charge in [-0.05, 0) is 23.6 Å². The highest BCUT2D eigenvalue weighted by atomic mass is 32.1. The molecule has 0 saturated carbocycles. The first-order valence-electron chi connectivity index (χ1n) is 5.21. The minimum absolute atomic E-state index is 0.118. The van der Waals surface area contributed by atoms with Gasteiger partial charge in [-0.2, -0.15) is 15.8 Å². The third kappa shape index (κ3) is 1.79. The maximum atomic E-state index is 9.47. The number of rotatable bonds is 2. The first-order chi connectivity index (χ1) is 9.19. The molecule has 0 unspecified atom stereocenters. The standard InChI is InChI=1S/C13H7N5S/c14-6-9-2-1-4-18-11(9)13(7-15,8-16)10-3-5-19-12(10)17/h1-5H,17H2. The zero-order valence-corrected chi connectivity index (χ0v) is 10.5. The molecule has 0 saturated heterocycles. The lowest BCUT2D eigenvalue weighted by molar-refractivity contribution is 0.808. The maximum absolute atomic E-state index is 9.47. The summed E-state index contributed by atoms with van der Waals surface area (Å²) in [7, 11) is 0. The van der Waals surface area contributed by atoms with E-state index in [2.05, 4.69) is 4.98 Å². The van der Waals surface area contributed by atoms with Crippen molar-refractivity contribution in [2.45, 2.75) is 5.41 Å². The van der Waals surface area contributed by atoms with Crippen molar-refractivity contribution in [1.82, 2.24) is 4.98 Å². The Bertz CT molecular complexity index is 727. The summed E-state index contributed by atoms with van der Waals surface area (Å²) in [6, 6.07) is 10.6. The average Bonchev–Trinajstić information content (AvgIpc) is 2.88. The van der Waals surface area contributed by atoms with Crippen molar-refractivity contribution in [2.24, 2.45) is 0 Å². The van der Waals surface area contributed by atoms with Crippen molar-refractivity contribution in [3.8, 4) is 18.2 Å². The van der Waals surface area contributed by atoms with Gasteiger partial charge in [-0.3, -0.25) is 4.98 Å². The van der Waals surface area contributed by atoms with Crippen LogP contribution in [0.25, 0.3) is 0 Å². The fraction of sp³-hybridized carbons (Fsp3) is 0.0769. The van der Waals surface area contributed by atoms with Gasteiger partial charge in [0, 0.05) is 11.8 Å². The number of hydrogen-bond acceptors (Lipinski definition) is 6. The molecule has 0 aliphatic rings. The molecule has 2 heterocycles.